The summed E-state index contributed by atoms with van der Waals surface area (Å²) in [5.41, 5.74) is 1.26. The lowest BCUT2D eigenvalue weighted by atomic mass is 9.99. The number of nitrogens with zero attached hydrogens (tertiary/aromatic N) is 1. The molecule has 2 heterocycles. The lowest BCUT2D eigenvalue weighted by molar-refractivity contribution is 0.457. The Morgan fingerprint density at radius 1 is 1.19 bits per heavy atom. The predicted molar refractivity (Wildman–Crippen MR) is 86.3 cm³/mol. The zero-order valence-corrected chi connectivity index (χ0v) is 13.8. The molecule has 1 aromatic carbocycles. The maximum absolute atomic E-state index is 12.5. The number of thiophene rings is 1. The van der Waals surface area contributed by atoms with Crippen LogP contribution in [0.2, 0.25) is 4.34 Å². The lowest BCUT2D eigenvalue weighted by Gasteiger charge is -2.15. The zero-order chi connectivity index (χ0) is 14.9. The van der Waals surface area contributed by atoms with Crippen LogP contribution < -0.4 is 0 Å². The van der Waals surface area contributed by atoms with Gasteiger partial charge in [0, 0.05) is 13.1 Å². The Balaban J connectivity index is 1.69. The van der Waals surface area contributed by atoms with Crippen LogP contribution in [-0.2, 0) is 16.4 Å². The van der Waals surface area contributed by atoms with E-state index in [0.717, 1.165) is 24.2 Å². The van der Waals surface area contributed by atoms with Gasteiger partial charge in [-0.25, -0.2) is 8.42 Å². The molecule has 0 aliphatic carbocycles. The van der Waals surface area contributed by atoms with E-state index in [4.69, 9.17) is 11.6 Å². The minimum Gasteiger partial charge on any atom is -0.206 e. The van der Waals surface area contributed by atoms with E-state index in [9.17, 15) is 8.42 Å². The molecule has 1 atom stereocenters. The summed E-state index contributed by atoms with van der Waals surface area (Å²) in [5.74, 6) is 0.387. The van der Waals surface area contributed by atoms with Crippen molar-refractivity contribution in [1.82, 2.24) is 4.31 Å². The summed E-state index contributed by atoms with van der Waals surface area (Å²) < 4.78 is 27.5. The Morgan fingerprint density at radius 3 is 2.62 bits per heavy atom. The molecule has 0 N–H and O–H groups in total. The molecule has 0 bridgehead atoms. The average molecular weight is 342 g/mol. The highest BCUT2D eigenvalue weighted by molar-refractivity contribution is 7.91. The normalized spacial score (nSPS) is 20.0. The third-order valence-electron chi connectivity index (χ3n) is 3.76. The van der Waals surface area contributed by atoms with E-state index < -0.39 is 10.0 Å². The van der Waals surface area contributed by atoms with Gasteiger partial charge in [-0.15, -0.1) is 11.3 Å². The fourth-order valence-electron chi connectivity index (χ4n) is 2.69. The van der Waals surface area contributed by atoms with Gasteiger partial charge >= 0.3 is 0 Å². The summed E-state index contributed by atoms with van der Waals surface area (Å²) in [5, 5.41) is 0. The van der Waals surface area contributed by atoms with E-state index in [1.807, 2.05) is 18.2 Å². The van der Waals surface area contributed by atoms with Crippen LogP contribution in [0.5, 0.6) is 0 Å². The van der Waals surface area contributed by atoms with Gasteiger partial charge in [-0.3, -0.25) is 0 Å². The second kappa shape index (κ2) is 6.08. The maximum Gasteiger partial charge on any atom is 0.252 e. The maximum atomic E-state index is 12.5. The Morgan fingerprint density at radius 2 is 1.95 bits per heavy atom. The van der Waals surface area contributed by atoms with E-state index in [0.29, 0.717) is 27.6 Å². The van der Waals surface area contributed by atoms with Crippen molar-refractivity contribution in [2.75, 3.05) is 13.1 Å². The first-order valence-electron chi connectivity index (χ1n) is 6.85. The Kier molecular flexibility index (Phi) is 4.36. The first-order chi connectivity index (χ1) is 10.1. The van der Waals surface area contributed by atoms with Crippen molar-refractivity contribution in [3.05, 3.63) is 52.4 Å². The van der Waals surface area contributed by atoms with Crippen LogP contribution >= 0.6 is 22.9 Å². The van der Waals surface area contributed by atoms with Crippen molar-refractivity contribution in [3.63, 3.8) is 0 Å². The molecule has 3 rings (SSSR count). The zero-order valence-electron chi connectivity index (χ0n) is 11.4. The molecule has 1 aromatic heterocycles. The highest BCUT2D eigenvalue weighted by Gasteiger charge is 2.33. The highest BCUT2D eigenvalue weighted by atomic mass is 35.5. The summed E-state index contributed by atoms with van der Waals surface area (Å²) in [7, 11) is -3.38. The monoisotopic (exact) mass is 341 g/mol. The van der Waals surface area contributed by atoms with Gasteiger partial charge < -0.3 is 0 Å². The van der Waals surface area contributed by atoms with Crippen LogP contribution in [0.15, 0.2) is 46.7 Å². The van der Waals surface area contributed by atoms with Gasteiger partial charge in [0.1, 0.15) is 4.21 Å². The second-order valence-corrected chi connectivity index (χ2v) is 9.15. The van der Waals surface area contributed by atoms with Crippen molar-refractivity contribution in [2.24, 2.45) is 5.92 Å². The van der Waals surface area contributed by atoms with Crippen LogP contribution in [0.4, 0.5) is 0 Å². The smallest absolute Gasteiger partial charge is 0.206 e. The minimum atomic E-state index is -3.38. The van der Waals surface area contributed by atoms with Crippen molar-refractivity contribution < 1.29 is 8.42 Å². The molecular formula is C15H16ClNO2S2. The molecule has 0 spiro atoms. The molecule has 1 aliphatic heterocycles. The van der Waals surface area contributed by atoms with Gasteiger partial charge in [-0.2, -0.15) is 4.31 Å². The number of hydrogen-bond donors (Lipinski definition) is 0. The first-order valence-corrected chi connectivity index (χ1v) is 9.48. The van der Waals surface area contributed by atoms with Crippen LogP contribution in [0.1, 0.15) is 12.0 Å². The molecule has 21 heavy (non-hydrogen) atoms. The third kappa shape index (κ3) is 3.31. The highest BCUT2D eigenvalue weighted by Crippen LogP contribution is 2.31. The summed E-state index contributed by atoms with van der Waals surface area (Å²) in [6.07, 6.45) is 1.84. The number of halogens is 1. The van der Waals surface area contributed by atoms with Gasteiger partial charge in [0.05, 0.1) is 4.34 Å². The largest absolute Gasteiger partial charge is 0.252 e. The molecule has 112 valence electrons. The predicted octanol–water partition coefficient (Wildman–Crippen LogP) is 3.65. The first kappa shape index (κ1) is 15.0. The summed E-state index contributed by atoms with van der Waals surface area (Å²) >= 11 is 6.97. The lowest BCUT2D eigenvalue weighted by Crippen LogP contribution is -2.28. The molecule has 6 heteroatoms. The number of benzene rings is 1. The Hall–Kier alpha value is -0.880. The molecule has 0 saturated carbocycles. The minimum absolute atomic E-state index is 0.341. The SMILES string of the molecule is O=S(=O)(c1ccc(Cl)s1)N1CCC(Cc2ccccc2)C1. The van der Waals surface area contributed by atoms with Crippen LogP contribution in [0.3, 0.4) is 0 Å². The van der Waals surface area contributed by atoms with Gasteiger partial charge in [-0.1, -0.05) is 41.9 Å². The molecule has 1 aliphatic rings. The molecule has 1 saturated heterocycles. The van der Waals surface area contributed by atoms with Crippen molar-refractivity contribution in [2.45, 2.75) is 17.1 Å². The summed E-state index contributed by atoms with van der Waals surface area (Å²) in [4.78, 5) is 0. The standard InChI is InChI=1S/C15H16ClNO2S2/c16-14-6-7-15(20-14)21(18,19)17-9-8-13(11-17)10-12-4-2-1-3-5-12/h1-7,13H,8-11H2. The fourth-order valence-corrected chi connectivity index (χ4v) is 5.86. The van der Waals surface area contributed by atoms with Crippen molar-refractivity contribution in [3.8, 4) is 0 Å². The van der Waals surface area contributed by atoms with Gasteiger partial charge in [-0.05, 0) is 36.5 Å². The van der Waals surface area contributed by atoms with Crippen LogP contribution in [-0.4, -0.2) is 25.8 Å². The second-order valence-electron chi connectivity index (χ2n) is 5.27. The van der Waals surface area contributed by atoms with Crippen LogP contribution in [0, 0.1) is 5.92 Å². The quantitative estimate of drug-likeness (QED) is 0.851. The fraction of sp³-hybridized carbons (Fsp3) is 0.333. The molecule has 1 unspecified atom stereocenters. The van der Waals surface area contributed by atoms with Gasteiger partial charge in [0.2, 0.25) is 0 Å². The van der Waals surface area contributed by atoms with E-state index in [1.54, 1.807) is 16.4 Å². The number of rotatable bonds is 4. The van der Waals surface area contributed by atoms with Crippen LogP contribution in [0.25, 0.3) is 0 Å². The Labute approximate surface area is 134 Å². The topological polar surface area (TPSA) is 37.4 Å². The molecule has 0 radical (unpaired) electrons. The average Bonchev–Trinajstić information content (AvgIpc) is 3.10. The molecule has 3 nitrogen and oxygen atoms in total. The number of sulfonamides is 1. The Bertz CT molecular complexity index is 712. The summed E-state index contributed by atoms with van der Waals surface area (Å²) in [6, 6.07) is 13.4. The van der Waals surface area contributed by atoms with Crippen molar-refractivity contribution >= 4 is 33.0 Å². The third-order valence-corrected chi connectivity index (χ3v) is 7.32. The van der Waals surface area contributed by atoms with Gasteiger partial charge in [0.25, 0.3) is 10.0 Å². The van der Waals surface area contributed by atoms with E-state index in [1.165, 1.54) is 5.56 Å². The molecule has 2 aromatic rings. The number of hydrogen-bond acceptors (Lipinski definition) is 3. The van der Waals surface area contributed by atoms with E-state index in [-0.39, 0.29) is 0 Å². The van der Waals surface area contributed by atoms with E-state index >= 15 is 0 Å². The molecule has 0 amide bonds. The van der Waals surface area contributed by atoms with Gasteiger partial charge in [0.15, 0.2) is 0 Å². The molecule has 1 fully saturated rings. The van der Waals surface area contributed by atoms with E-state index in [2.05, 4.69) is 12.1 Å². The summed E-state index contributed by atoms with van der Waals surface area (Å²) in [6.45, 7) is 1.18. The molecular weight excluding hydrogens is 326 g/mol. The van der Waals surface area contributed by atoms with Crippen molar-refractivity contribution in [1.29, 1.82) is 0 Å².